The summed E-state index contributed by atoms with van der Waals surface area (Å²) in [5.74, 6) is 0.162. The number of thiophene rings is 1. The molecule has 1 amide bonds. The van der Waals surface area contributed by atoms with E-state index in [0.29, 0.717) is 15.8 Å². The van der Waals surface area contributed by atoms with E-state index in [1.54, 1.807) is 24.3 Å². The molecular weight excluding hydrogens is 456 g/mol. The van der Waals surface area contributed by atoms with Crippen LogP contribution in [0.25, 0.3) is 0 Å². The van der Waals surface area contributed by atoms with Gasteiger partial charge in [0.2, 0.25) is 15.7 Å². The highest BCUT2D eigenvalue weighted by atomic mass is 35.5. The number of nitrogens with two attached hydrogens (primary N) is 1. The minimum absolute atomic E-state index is 0.0171. The summed E-state index contributed by atoms with van der Waals surface area (Å²) in [5.41, 5.74) is 6.42. The first-order valence-electron chi connectivity index (χ1n) is 7.99. The first kappa shape index (κ1) is 21.4. The van der Waals surface area contributed by atoms with Crippen molar-refractivity contribution in [1.82, 2.24) is 9.97 Å². The van der Waals surface area contributed by atoms with E-state index in [4.69, 9.17) is 22.1 Å². The molecule has 3 rings (SSSR count). The zero-order valence-corrected chi connectivity index (χ0v) is 18.2. The van der Waals surface area contributed by atoms with Gasteiger partial charge in [-0.2, -0.15) is 0 Å². The quantitative estimate of drug-likeness (QED) is 0.398. The number of carbonyl (C=O) groups excluding carboxylic acids is 1. The predicted octanol–water partition coefficient (Wildman–Crippen LogP) is 3.35. The van der Waals surface area contributed by atoms with Gasteiger partial charge in [0.1, 0.15) is 20.7 Å². The maximum absolute atomic E-state index is 12.6. The molecule has 0 atom stereocenters. The van der Waals surface area contributed by atoms with E-state index in [1.807, 2.05) is 0 Å². The highest BCUT2D eigenvalue weighted by Crippen LogP contribution is 2.32. The lowest BCUT2D eigenvalue weighted by Gasteiger charge is -2.08. The number of methoxy groups -OCH3 is 1. The molecule has 8 nitrogen and oxygen atoms in total. The molecule has 152 valence electrons. The van der Waals surface area contributed by atoms with Gasteiger partial charge in [-0.05, 0) is 24.3 Å². The lowest BCUT2D eigenvalue weighted by Crippen LogP contribution is -2.14. The number of rotatable bonds is 7. The van der Waals surface area contributed by atoms with Crippen LogP contribution in [-0.4, -0.2) is 37.2 Å². The number of aromatic nitrogens is 2. The Labute approximate surface area is 180 Å². The fourth-order valence-electron chi connectivity index (χ4n) is 2.22. The van der Waals surface area contributed by atoms with E-state index in [1.165, 1.54) is 19.2 Å². The van der Waals surface area contributed by atoms with Crippen LogP contribution >= 0.6 is 34.7 Å². The third-order valence-electron chi connectivity index (χ3n) is 3.55. The van der Waals surface area contributed by atoms with E-state index >= 15 is 0 Å². The Bertz CT molecular complexity index is 1150. The summed E-state index contributed by atoms with van der Waals surface area (Å²) in [7, 11) is -2.32. The zero-order valence-electron chi connectivity index (χ0n) is 15.0. The first-order chi connectivity index (χ1) is 13.8. The van der Waals surface area contributed by atoms with Crippen LogP contribution in [0, 0.1) is 0 Å². The number of halogens is 1. The SMILES string of the molecule is COc1cccc(NC(=O)CSc2ncc(S(=O)(=O)c3ccc(Cl)s3)c(N)n2)c1. The number of hydrogen-bond donors (Lipinski definition) is 2. The van der Waals surface area contributed by atoms with Gasteiger partial charge in [-0.25, -0.2) is 18.4 Å². The summed E-state index contributed by atoms with van der Waals surface area (Å²) < 4.78 is 30.7. The number of thioether (sulfide) groups is 1. The van der Waals surface area contributed by atoms with E-state index in [0.717, 1.165) is 29.3 Å². The average molecular weight is 471 g/mol. The van der Waals surface area contributed by atoms with Crippen molar-refractivity contribution < 1.29 is 17.9 Å². The minimum Gasteiger partial charge on any atom is -0.497 e. The summed E-state index contributed by atoms with van der Waals surface area (Å²) in [6, 6.07) is 9.82. The summed E-state index contributed by atoms with van der Waals surface area (Å²) in [6.07, 6.45) is 1.13. The van der Waals surface area contributed by atoms with Gasteiger partial charge in [0.15, 0.2) is 5.16 Å². The number of amides is 1. The molecule has 0 saturated heterocycles. The van der Waals surface area contributed by atoms with Gasteiger partial charge in [-0.1, -0.05) is 29.4 Å². The van der Waals surface area contributed by atoms with Crippen LogP contribution in [0.2, 0.25) is 4.34 Å². The summed E-state index contributed by atoms with van der Waals surface area (Å²) >= 11 is 7.76. The minimum atomic E-state index is -3.86. The number of nitrogen functional groups attached to an aromatic ring is 1. The monoisotopic (exact) mass is 470 g/mol. The van der Waals surface area contributed by atoms with Crippen LogP contribution in [0.5, 0.6) is 5.75 Å². The second kappa shape index (κ2) is 8.99. The Morgan fingerprint density at radius 1 is 1.34 bits per heavy atom. The normalized spacial score (nSPS) is 11.2. The third-order valence-corrected chi connectivity index (χ3v) is 7.90. The molecule has 29 heavy (non-hydrogen) atoms. The number of carbonyl (C=O) groups is 1. The van der Waals surface area contributed by atoms with Gasteiger partial charge in [-0.3, -0.25) is 4.79 Å². The van der Waals surface area contributed by atoms with Gasteiger partial charge >= 0.3 is 0 Å². The molecule has 0 aliphatic rings. The molecule has 0 saturated carbocycles. The molecule has 0 bridgehead atoms. The van der Waals surface area contributed by atoms with Crippen LogP contribution in [0.4, 0.5) is 11.5 Å². The fourth-order valence-corrected chi connectivity index (χ4v) is 5.71. The Morgan fingerprint density at radius 2 is 2.14 bits per heavy atom. The lowest BCUT2D eigenvalue weighted by molar-refractivity contribution is -0.113. The average Bonchev–Trinajstić information content (AvgIpc) is 3.13. The molecule has 0 radical (unpaired) electrons. The van der Waals surface area contributed by atoms with E-state index in [-0.39, 0.29) is 31.7 Å². The van der Waals surface area contributed by atoms with Crippen LogP contribution in [0.15, 0.2) is 56.9 Å². The number of nitrogens with zero attached hydrogens (tertiary/aromatic N) is 2. The number of nitrogens with one attached hydrogen (secondary N) is 1. The largest absolute Gasteiger partial charge is 0.497 e. The van der Waals surface area contributed by atoms with Gasteiger partial charge in [0.05, 0.1) is 23.4 Å². The maximum atomic E-state index is 12.6. The van der Waals surface area contributed by atoms with Crippen molar-refractivity contribution in [3.05, 3.63) is 46.9 Å². The van der Waals surface area contributed by atoms with Gasteiger partial charge in [0, 0.05) is 11.8 Å². The third kappa shape index (κ3) is 5.18. The maximum Gasteiger partial charge on any atom is 0.234 e. The number of anilines is 2. The molecular formula is C17H15ClN4O4S3. The number of sulfone groups is 1. The second-order valence-electron chi connectivity index (χ2n) is 5.53. The van der Waals surface area contributed by atoms with Crippen LogP contribution in [0.1, 0.15) is 0 Å². The van der Waals surface area contributed by atoms with Crippen molar-refractivity contribution in [2.75, 3.05) is 23.9 Å². The molecule has 0 spiro atoms. The van der Waals surface area contributed by atoms with Gasteiger partial charge in [-0.15, -0.1) is 11.3 Å². The van der Waals surface area contributed by atoms with E-state index < -0.39 is 9.84 Å². The Hall–Kier alpha value is -2.34. The van der Waals surface area contributed by atoms with Gasteiger partial charge in [0.25, 0.3) is 0 Å². The number of ether oxygens (including phenoxy) is 1. The molecule has 0 fully saturated rings. The fraction of sp³-hybridized carbons (Fsp3) is 0.118. The molecule has 12 heteroatoms. The number of benzene rings is 1. The highest BCUT2D eigenvalue weighted by molar-refractivity contribution is 7.99. The molecule has 0 unspecified atom stereocenters. The Morgan fingerprint density at radius 3 is 2.79 bits per heavy atom. The van der Waals surface area contributed by atoms with Crippen molar-refractivity contribution in [3.63, 3.8) is 0 Å². The number of hydrogen-bond acceptors (Lipinski definition) is 9. The van der Waals surface area contributed by atoms with Gasteiger partial charge < -0.3 is 15.8 Å². The summed E-state index contributed by atoms with van der Waals surface area (Å²) in [6.45, 7) is 0. The Kier molecular flexibility index (Phi) is 6.63. The Balaban J connectivity index is 1.67. The lowest BCUT2D eigenvalue weighted by atomic mass is 10.3. The first-order valence-corrected chi connectivity index (χ1v) is 11.7. The molecule has 0 aliphatic heterocycles. The van der Waals surface area contributed by atoms with Crippen molar-refractivity contribution >= 4 is 61.9 Å². The van der Waals surface area contributed by atoms with E-state index in [2.05, 4.69) is 15.3 Å². The van der Waals surface area contributed by atoms with Crippen LogP contribution in [0.3, 0.4) is 0 Å². The predicted molar refractivity (Wildman–Crippen MR) is 114 cm³/mol. The van der Waals surface area contributed by atoms with Crippen LogP contribution < -0.4 is 15.8 Å². The molecule has 1 aromatic carbocycles. The molecule has 2 aromatic heterocycles. The second-order valence-corrected chi connectivity index (χ2v) is 10.3. The van der Waals surface area contributed by atoms with Crippen molar-refractivity contribution in [1.29, 1.82) is 0 Å². The van der Waals surface area contributed by atoms with Crippen molar-refractivity contribution in [2.45, 2.75) is 14.3 Å². The molecule has 3 aromatic rings. The van der Waals surface area contributed by atoms with E-state index in [9.17, 15) is 13.2 Å². The van der Waals surface area contributed by atoms with Crippen molar-refractivity contribution in [3.8, 4) is 5.75 Å². The summed E-state index contributed by atoms with van der Waals surface area (Å²) in [4.78, 5) is 19.9. The molecule has 3 N–H and O–H groups in total. The van der Waals surface area contributed by atoms with Crippen molar-refractivity contribution in [2.24, 2.45) is 0 Å². The van der Waals surface area contributed by atoms with Crippen LogP contribution in [-0.2, 0) is 14.6 Å². The standard InChI is InChI=1S/C17H15ClN4O4S3/c1-26-11-4-2-3-10(7-11)21-14(23)9-27-17-20-8-12(16(19)22-17)29(24,25)15-6-5-13(18)28-15/h2-8H,9H2,1H3,(H,21,23)(H2,19,20,22). The molecule has 0 aliphatic carbocycles. The smallest absolute Gasteiger partial charge is 0.234 e. The summed E-state index contributed by atoms with van der Waals surface area (Å²) in [5, 5.41) is 2.91. The molecule has 2 heterocycles. The topological polar surface area (TPSA) is 124 Å². The zero-order chi connectivity index (χ0) is 21.0. The highest BCUT2D eigenvalue weighted by Gasteiger charge is 2.24.